The molecule has 0 aromatic carbocycles. The molecule has 15 unspecified atom stereocenters. The van der Waals surface area contributed by atoms with Crippen LogP contribution in [0.4, 0.5) is 0 Å². The molecule has 2 N–H and O–H groups in total. The molecule has 4 heterocycles. The summed E-state index contributed by atoms with van der Waals surface area (Å²) in [5, 5.41) is 22.9. The highest BCUT2D eigenvalue weighted by Gasteiger charge is 2.90. The zero-order valence-corrected chi connectivity index (χ0v) is 39.8. The van der Waals surface area contributed by atoms with E-state index in [0.29, 0.717) is 24.0 Å². The van der Waals surface area contributed by atoms with Gasteiger partial charge in [0.25, 0.3) is 0 Å². The SMILES string of the molecule is CC(=O)OC1CC2(C)C(c3ccoc3)CC3OC32C2(C)C(=O)C(O)=C3C(C)(C)C(=O)C=CC3(C)C12.CC1(C)C(=O)C=CC2(C)C1=C(O)C(=O)C1(C)C2CCC2(C)C(c3ccoc3)CC3OC321. The lowest BCUT2D eigenvalue weighted by Crippen LogP contribution is -2.70. The number of epoxide rings is 2. The summed E-state index contributed by atoms with van der Waals surface area (Å²) in [7, 11) is 0. The lowest BCUT2D eigenvalue weighted by molar-refractivity contribution is -0.200. The van der Waals surface area contributed by atoms with Gasteiger partial charge in [-0.25, -0.2) is 0 Å². The van der Waals surface area contributed by atoms with E-state index in [2.05, 4.69) is 20.8 Å². The molecule has 2 spiro atoms. The monoisotopic (exact) mass is 902 g/mol. The van der Waals surface area contributed by atoms with Gasteiger partial charge < -0.3 is 33.3 Å². The smallest absolute Gasteiger partial charge is 0.302 e. The number of hydrogen-bond donors (Lipinski definition) is 2. The largest absolute Gasteiger partial charge is 0.504 e. The predicted molar refractivity (Wildman–Crippen MR) is 238 cm³/mol. The second-order valence-corrected chi connectivity index (χ2v) is 23.9. The van der Waals surface area contributed by atoms with E-state index in [4.69, 9.17) is 23.0 Å². The minimum absolute atomic E-state index is 0.00527. The van der Waals surface area contributed by atoms with Crippen LogP contribution in [0, 0.1) is 55.2 Å². The minimum Gasteiger partial charge on any atom is -0.504 e. The van der Waals surface area contributed by atoms with Gasteiger partial charge in [0, 0.05) is 34.5 Å². The van der Waals surface area contributed by atoms with E-state index in [1.165, 1.54) is 12.5 Å². The molecule has 4 saturated carbocycles. The van der Waals surface area contributed by atoms with Gasteiger partial charge in [-0.05, 0) is 138 Å². The van der Waals surface area contributed by atoms with Crippen molar-refractivity contribution < 1.29 is 57.2 Å². The average molecular weight is 903 g/mol. The van der Waals surface area contributed by atoms with Crippen molar-refractivity contribution in [2.75, 3.05) is 0 Å². The van der Waals surface area contributed by atoms with Crippen LogP contribution >= 0.6 is 0 Å². The van der Waals surface area contributed by atoms with E-state index in [0.717, 1.165) is 24.8 Å². The van der Waals surface area contributed by atoms with Crippen molar-refractivity contribution in [3.05, 3.63) is 95.3 Å². The number of fused-ring (bicyclic) bond motifs is 6. The number of carbonyl (C=O) groups excluding carboxylic acids is 5. The maximum absolute atomic E-state index is 14.3. The van der Waals surface area contributed by atoms with Crippen LogP contribution < -0.4 is 0 Å². The van der Waals surface area contributed by atoms with Crippen molar-refractivity contribution in [1.29, 1.82) is 0 Å². The third kappa shape index (κ3) is 4.54. The van der Waals surface area contributed by atoms with E-state index >= 15 is 0 Å². The van der Waals surface area contributed by atoms with Crippen molar-refractivity contribution in [2.24, 2.45) is 55.2 Å². The van der Waals surface area contributed by atoms with Crippen LogP contribution in [0.1, 0.15) is 131 Å². The average Bonchev–Trinajstić information content (AvgIpc) is 3.78. The Labute approximate surface area is 385 Å². The fourth-order valence-electron chi connectivity index (χ4n) is 18.0. The maximum Gasteiger partial charge on any atom is 0.302 e. The Balaban J connectivity index is 0.000000147. The first kappa shape index (κ1) is 43.7. The summed E-state index contributed by atoms with van der Waals surface area (Å²) in [6, 6.07) is 3.97. The minimum atomic E-state index is -1.17. The molecule has 8 aliphatic carbocycles. The van der Waals surface area contributed by atoms with Gasteiger partial charge in [-0.2, -0.15) is 0 Å². The fraction of sp³-hybridized carbons (Fsp3) is 0.611. The van der Waals surface area contributed by atoms with Crippen LogP contribution in [0.3, 0.4) is 0 Å². The molecule has 12 nitrogen and oxygen atoms in total. The van der Waals surface area contributed by atoms with Crippen LogP contribution in [0.25, 0.3) is 0 Å². The number of rotatable bonds is 3. The normalized spacial score (nSPS) is 48.1. The van der Waals surface area contributed by atoms with Gasteiger partial charge >= 0.3 is 5.97 Å². The van der Waals surface area contributed by atoms with Gasteiger partial charge in [-0.3, -0.25) is 24.0 Å². The van der Waals surface area contributed by atoms with Crippen molar-refractivity contribution in [3.8, 4) is 0 Å². The number of ketones is 4. The summed E-state index contributed by atoms with van der Waals surface area (Å²) >= 11 is 0. The molecule has 10 aliphatic rings. The van der Waals surface area contributed by atoms with Gasteiger partial charge in [-0.15, -0.1) is 0 Å². The number of furan rings is 2. The number of Topliss-reactive ketones (excluding diaryl/α,β-unsaturated/α-hetero) is 2. The number of allylic oxidation sites excluding steroid dienone is 8. The Kier molecular flexibility index (Phi) is 8.37. The molecule has 2 saturated heterocycles. The highest BCUT2D eigenvalue weighted by molar-refractivity contribution is 6.07. The summed E-state index contributed by atoms with van der Waals surface area (Å²) in [5.41, 5.74) is -4.46. The highest BCUT2D eigenvalue weighted by Crippen LogP contribution is 2.83. The Morgan fingerprint density at radius 2 is 1.14 bits per heavy atom. The quantitative estimate of drug-likeness (QED) is 0.220. The molecule has 0 radical (unpaired) electrons. The Hall–Kier alpha value is -4.81. The van der Waals surface area contributed by atoms with E-state index in [1.54, 1.807) is 50.9 Å². The van der Waals surface area contributed by atoms with Gasteiger partial charge in [0.1, 0.15) is 17.3 Å². The molecule has 2 aliphatic heterocycles. The molecule has 2 aromatic rings. The molecular formula is C54H62O12. The summed E-state index contributed by atoms with van der Waals surface area (Å²) in [6.45, 7) is 20.8. The van der Waals surface area contributed by atoms with Crippen molar-refractivity contribution in [1.82, 2.24) is 0 Å². The van der Waals surface area contributed by atoms with Gasteiger partial charge in [0.05, 0.1) is 58.9 Å². The number of aliphatic hydroxyl groups excluding tert-OH is 2. The predicted octanol–water partition coefficient (Wildman–Crippen LogP) is 9.33. The molecule has 12 heteroatoms. The first-order valence-corrected chi connectivity index (χ1v) is 23.7. The molecule has 0 bridgehead atoms. The zero-order chi connectivity index (χ0) is 47.5. The van der Waals surface area contributed by atoms with Crippen LogP contribution in [0.5, 0.6) is 0 Å². The lowest BCUT2D eigenvalue weighted by Gasteiger charge is -2.64. The van der Waals surface area contributed by atoms with E-state index in [1.807, 2.05) is 59.1 Å². The lowest BCUT2D eigenvalue weighted by atomic mass is 9.38. The first-order chi connectivity index (χ1) is 30.7. The van der Waals surface area contributed by atoms with E-state index < -0.39 is 72.9 Å². The van der Waals surface area contributed by atoms with Crippen molar-refractivity contribution in [2.45, 2.75) is 150 Å². The van der Waals surface area contributed by atoms with Crippen LogP contribution in [0.2, 0.25) is 0 Å². The van der Waals surface area contributed by atoms with Crippen LogP contribution in [-0.4, -0.2) is 68.8 Å². The fourth-order valence-corrected chi connectivity index (χ4v) is 18.0. The third-order valence-electron chi connectivity index (χ3n) is 20.5. The van der Waals surface area contributed by atoms with Gasteiger partial charge in [0.15, 0.2) is 23.1 Å². The number of esters is 1. The number of aliphatic hydroxyl groups is 2. The number of ether oxygens (including phenoxy) is 3. The highest BCUT2D eigenvalue weighted by atomic mass is 16.6. The van der Waals surface area contributed by atoms with Crippen molar-refractivity contribution >= 4 is 29.1 Å². The van der Waals surface area contributed by atoms with Crippen molar-refractivity contribution in [3.63, 3.8) is 0 Å². The second kappa shape index (κ2) is 12.6. The second-order valence-electron chi connectivity index (χ2n) is 23.9. The van der Waals surface area contributed by atoms with E-state index in [9.17, 15) is 34.2 Å². The zero-order valence-electron chi connectivity index (χ0n) is 39.8. The molecule has 0 amide bonds. The maximum atomic E-state index is 14.3. The molecule has 350 valence electrons. The summed E-state index contributed by atoms with van der Waals surface area (Å²) in [5.74, 6) is -2.15. The summed E-state index contributed by atoms with van der Waals surface area (Å²) in [4.78, 5) is 66.4. The Bertz CT molecular complexity index is 2700. The topological polar surface area (TPSA) is 186 Å². The van der Waals surface area contributed by atoms with Gasteiger partial charge in [-0.1, -0.05) is 39.8 Å². The third-order valence-corrected chi connectivity index (χ3v) is 20.5. The Morgan fingerprint density at radius 1 is 0.667 bits per heavy atom. The molecule has 12 rings (SSSR count). The summed E-state index contributed by atoms with van der Waals surface area (Å²) < 4.78 is 29.8. The molecule has 6 fully saturated rings. The first-order valence-electron chi connectivity index (χ1n) is 23.7. The molecule has 66 heavy (non-hydrogen) atoms. The Morgan fingerprint density at radius 3 is 1.64 bits per heavy atom. The molecular weight excluding hydrogens is 841 g/mol. The van der Waals surface area contributed by atoms with Crippen LogP contribution in [-0.2, 0) is 38.2 Å². The number of hydrogen-bond acceptors (Lipinski definition) is 12. The standard InChI is InChI=1S/C28H32O7.C26H30O5/c1-14(29)34-17-12-26(5)16(15-8-10-33-13-15)11-19-28(26,35-19)27(6)21(17)25(4)9-7-18(30)24(2,3)22(25)20(31)23(27)32;1-22(2)17(27)7-9-23(3)16-6-10-24(4)15(14-8-11-30-13-14)12-18-26(24,31-18)25(16,5)21(29)19(28)20(22)23/h7-10,13,16-17,19,21,31H,11-12H2,1-6H3;7-9,11,13,15-16,18,28H,6,10,12H2,1-5H3. The van der Waals surface area contributed by atoms with E-state index in [-0.39, 0.29) is 64.2 Å². The molecule has 15 atom stereocenters. The molecule has 2 aromatic heterocycles. The summed E-state index contributed by atoms with van der Waals surface area (Å²) in [6.07, 6.45) is 16.9. The van der Waals surface area contributed by atoms with Gasteiger partial charge in [0.2, 0.25) is 11.6 Å². The number of carbonyl (C=O) groups is 5. The van der Waals surface area contributed by atoms with Crippen LogP contribution in [0.15, 0.2) is 93.0 Å².